The van der Waals surface area contributed by atoms with Gasteiger partial charge in [0.15, 0.2) is 6.61 Å². The molecule has 2 aromatic rings. The standard InChI is InChI=1S/C20H21ClFN3O3/c21-18-6-5-17(9-19(18)22)28-13-20(27)25-8-7-16(26)12-24-11-15-3-1-14(10-23)2-4-15/h1-6,9,16,24,26H,7-8,11-13H2,(H,25,27). The number of hydrogen-bond acceptors (Lipinski definition) is 5. The minimum Gasteiger partial charge on any atom is -0.484 e. The molecule has 0 aliphatic carbocycles. The van der Waals surface area contributed by atoms with Gasteiger partial charge >= 0.3 is 0 Å². The van der Waals surface area contributed by atoms with E-state index in [2.05, 4.69) is 16.7 Å². The van der Waals surface area contributed by atoms with Crippen molar-refractivity contribution < 1.29 is 19.0 Å². The molecule has 0 aliphatic heterocycles. The predicted molar refractivity (Wildman–Crippen MR) is 103 cm³/mol. The minimum absolute atomic E-state index is 0.0152. The SMILES string of the molecule is N#Cc1ccc(CNCC(O)CCNC(=O)COc2ccc(Cl)c(F)c2)cc1. The van der Waals surface area contributed by atoms with E-state index < -0.39 is 11.9 Å². The number of halogens is 2. The summed E-state index contributed by atoms with van der Waals surface area (Å²) >= 11 is 5.57. The number of aliphatic hydroxyl groups excluding tert-OH is 1. The topological polar surface area (TPSA) is 94.4 Å². The maximum absolute atomic E-state index is 13.3. The Morgan fingerprint density at radius 2 is 2.04 bits per heavy atom. The summed E-state index contributed by atoms with van der Waals surface area (Å²) in [6.07, 6.45) is -0.244. The Morgan fingerprint density at radius 1 is 1.29 bits per heavy atom. The lowest BCUT2D eigenvalue weighted by Crippen LogP contribution is -2.34. The highest BCUT2D eigenvalue weighted by Gasteiger charge is 2.08. The van der Waals surface area contributed by atoms with Gasteiger partial charge in [-0.1, -0.05) is 23.7 Å². The van der Waals surface area contributed by atoms with Crippen LogP contribution in [0.15, 0.2) is 42.5 Å². The van der Waals surface area contributed by atoms with E-state index in [-0.39, 0.29) is 29.8 Å². The molecular formula is C20H21ClFN3O3. The lowest BCUT2D eigenvalue weighted by molar-refractivity contribution is -0.123. The molecule has 0 bridgehead atoms. The number of nitriles is 1. The number of carbonyl (C=O) groups is 1. The van der Waals surface area contributed by atoms with Crippen LogP contribution in [0.3, 0.4) is 0 Å². The van der Waals surface area contributed by atoms with Crippen molar-refractivity contribution in [3.05, 3.63) is 64.4 Å². The third-order valence-corrected chi connectivity index (χ3v) is 4.16. The molecular weight excluding hydrogens is 385 g/mol. The predicted octanol–water partition coefficient (Wildman–Crippen LogP) is 2.39. The van der Waals surface area contributed by atoms with Gasteiger partial charge in [0.1, 0.15) is 11.6 Å². The van der Waals surface area contributed by atoms with E-state index in [0.717, 1.165) is 11.6 Å². The number of ether oxygens (including phenoxy) is 1. The molecule has 6 nitrogen and oxygen atoms in total. The van der Waals surface area contributed by atoms with Crippen molar-refractivity contribution in [2.45, 2.75) is 19.1 Å². The number of hydrogen-bond donors (Lipinski definition) is 3. The monoisotopic (exact) mass is 405 g/mol. The summed E-state index contributed by atoms with van der Waals surface area (Å²) in [6, 6.07) is 13.2. The Morgan fingerprint density at radius 3 is 2.71 bits per heavy atom. The van der Waals surface area contributed by atoms with Gasteiger partial charge in [0.25, 0.3) is 5.91 Å². The first kappa shape index (κ1) is 21.6. The largest absolute Gasteiger partial charge is 0.484 e. The Hall–Kier alpha value is -2.66. The van der Waals surface area contributed by atoms with Crippen LogP contribution in [0.25, 0.3) is 0 Å². The first-order valence-corrected chi connectivity index (χ1v) is 9.08. The van der Waals surface area contributed by atoms with Gasteiger partial charge in [-0.25, -0.2) is 4.39 Å². The molecule has 0 spiro atoms. The van der Waals surface area contributed by atoms with Gasteiger partial charge in [-0.05, 0) is 36.2 Å². The van der Waals surface area contributed by atoms with Crippen LogP contribution in [0.2, 0.25) is 5.02 Å². The van der Waals surface area contributed by atoms with Gasteiger partial charge in [-0.2, -0.15) is 5.26 Å². The molecule has 0 heterocycles. The van der Waals surface area contributed by atoms with E-state index in [1.165, 1.54) is 12.1 Å². The molecule has 28 heavy (non-hydrogen) atoms. The van der Waals surface area contributed by atoms with E-state index in [0.29, 0.717) is 25.1 Å². The smallest absolute Gasteiger partial charge is 0.257 e. The lowest BCUT2D eigenvalue weighted by Gasteiger charge is -2.13. The fraction of sp³-hybridized carbons (Fsp3) is 0.300. The molecule has 8 heteroatoms. The molecule has 1 unspecified atom stereocenters. The summed E-state index contributed by atoms with van der Waals surface area (Å²) in [4.78, 5) is 11.7. The quantitative estimate of drug-likeness (QED) is 0.564. The van der Waals surface area contributed by atoms with Crippen LogP contribution in [0.1, 0.15) is 17.5 Å². The van der Waals surface area contributed by atoms with Crippen molar-refractivity contribution in [3.63, 3.8) is 0 Å². The van der Waals surface area contributed by atoms with Gasteiger partial charge in [-0.3, -0.25) is 4.79 Å². The molecule has 1 amide bonds. The Labute approximate surface area is 167 Å². The van der Waals surface area contributed by atoms with E-state index in [1.807, 2.05) is 12.1 Å². The van der Waals surface area contributed by atoms with Gasteiger partial charge < -0.3 is 20.5 Å². The summed E-state index contributed by atoms with van der Waals surface area (Å²) in [6.45, 7) is 0.974. The second-order valence-electron chi connectivity index (χ2n) is 6.10. The molecule has 3 N–H and O–H groups in total. The third-order valence-electron chi connectivity index (χ3n) is 3.85. The Bertz CT molecular complexity index is 824. The molecule has 0 saturated heterocycles. The zero-order valence-electron chi connectivity index (χ0n) is 15.1. The van der Waals surface area contributed by atoms with Crippen LogP contribution in [0, 0.1) is 17.1 Å². The number of benzene rings is 2. The molecule has 0 saturated carbocycles. The molecule has 0 radical (unpaired) electrons. The normalized spacial score (nSPS) is 11.5. The summed E-state index contributed by atoms with van der Waals surface area (Å²) in [5.74, 6) is -0.770. The van der Waals surface area contributed by atoms with E-state index in [9.17, 15) is 14.3 Å². The molecule has 2 rings (SSSR count). The van der Waals surface area contributed by atoms with Crippen molar-refractivity contribution in [2.75, 3.05) is 19.7 Å². The van der Waals surface area contributed by atoms with Crippen molar-refractivity contribution in [3.8, 4) is 11.8 Å². The highest BCUT2D eigenvalue weighted by Crippen LogP contribution is 2.20. The number of aliphatic hydroxyl groups is 1. The van der Waals surface area contributed by atoms with Crippen LogP contribution in [0.4, 0.5) is 4.39 Å². The zero-order chi connectivity index (χ0) is 20.4. The number of nitrogens with one attached hydrogen (secondary N) is 2. The van der Waals surface area contributed by atoms with Gasteiger partial charge in [-0.15, -0.1) is 0 Å². The van der Waals surface area contributed by atoms with Crippen LogP contribution in [-0.2, 0) is 11.3 Å². The summed E-state index contributed by atoms with van der Waals surface area (Å²) in [5, 5.41) is 24.4. The number of amides is 1. The van der Waals surface area contributed by atoms with Gasteiger partial charge in [0.05, 0.1) is 22.8 Å². The van der Waals surface area contributed by atoms with Crippen molar-refractivity contribution in [1.82, 2.24) is 10.6 Å². The fourth-order valence-electron chi connectivity index (χ4n) is 2.33. The first-order chi connectivity index (χ1) is 13.5. The third kappa shape index (κ3) is 7.53. The van der Waals surface area contributed by atoms with Crippen LogP contribution in [-0.4, -0.2) is 36.8 Å². The fourth-order valence-corrected chi connectivity index (χ4v) is 2.44. The molecule has 2 aromatic carbocycles. The number of nitrogens with zero attached hydrogens (tertiary/aromatic N) is 1. The van der Waals surface area contributed by atoms with E-state index in [1.54, 1.807) is 12.1 Å². The van der Waals surface area contributed by atoms with Gasteiger partial charge in [0, 0.05) is 25.7 Å². The average molecular weight is 406 g/mol. The Kier molecular flexibility index (Phi) is 8.69. The molecule has 148 valence electrons. The van der Waals surface area contributed by atoms with Gasteiger partial charge in [0.2, 0.25) is 0 Å². The van der Waals surface area contributed by atoms with Crippen molar-refractivity contribution in [1.29, 1.82) is 5.26 Å². The van der Waals surface area contributed by atoms with Crippen LogP contribution in [0.5, 0.6) is 5.75 Å². The highest BCUT2D eigenvalue weighted by molar-refractivity contribution is 6.30. The Balaban J connectivity index is 1.57. The minimum atomic E-state index is -0.620. The second-order valence-corrected chi connectivity index (χ2v) is 6.50. The number of carbonyl (C=O) groups excluding carboxylic acids is 1. The van der Waals surface area contributed by atoms with Crippen molar-refractivity contribution >= 4 is 17.5 Å². The number of rotatable bonds is 10. The van der Waals surface area contributed by atoms with Crippen molar-refractivity contribution in [2.24, 2.45) is 0 Å². The van der Waals surface area contributed by atoms with E-state index in [4.69, 9.17) is 21.6 Å². The first-order valence-electron chi connectivity index (χ1n) is 8.70. The van der Waals surface area contributed by atoms with Crippen LogP contribution >= 0.6 is 11.6 Å². The second kappa shape index (κ2) is 11.2. The summed E-state index contributed by atoms with van der Waals surface area (Å²) in [5.41, 5.74) is 1.61. The zero-order valence-corrected chi connectivity index (χ0v) is 15.9. The molecule has 0 aliphatic rings. The summed E-state index contributed by atoms with van der Waals surface area (Å²) in [7, 11) is 0. The highest BCUT2D eigenvalue weighted by atomic mass is 35.5. The molecule has 0 fully saturated rings. The van der Waals surface area contributed by atoms with E-state index >= 15 is 0 Å². The molecule has 1 atom stereocenters. The molecule has 0 aromatic heterocycles. The van der Waals surface area contributed by atoms with Crippen LogP contribution < -0.4 is 15.4 Å². The lowest BCUT2D eigenvalue weighted by atomic mass is 10.1. The maximum Gasteiger partial charge on any atom is 0.257 e. The maximum atomic E-state index is 13.3. The average Bonchev–Trinajstić information content (AvgIpc) is 2.69. The summed E-state index contributed by atoms with van der Waals surface area (Å²) < 4.78 is 18.5.